The summed E-state index contributed by atoms with van der Waals surface area (Å²) in [6.07, 6.45) is 5.13. The average molecular weight is 488 g/mol. The Hall–Kier alpha value is -3.13. The van der Waals surface area contributed by atoms with Gasteiger partial charge in [-0.25, -0.2) is 4.39 Å². The van der Waals surface area contributed by atoms with Crippen LogP contribution in [-0.2, 0) is 28.0 Å². The number of benzene rings is 2. The van der Waals surface area contributed by atoms with Crippen LogP contribution in [0.4, 0.5) is 4.39 Å². The van der Waals surface area contributed by atoms with Gasteiger partial charge < -0.3 is 13.5 Å². The summed E-state index contributed by atoms with van der Waals surface area (Å²) < 4.78 is 49.0. The van der Waals surface area contributed by atoms with E-state index in [0.717, 1.165) is 55.5 Å². The number of amides is 1. The molecular weight excluding hydrogens is 457 g/mol. The van der Waals surface area contributed by atoms with Crippen molar-refractivity contribution in [3.05, 3.63) is 84.1 Å². The molecule has 0 N–H and O–H groups in total. The van der Waals surface area contributed by atoms with Gasteiger partial charge in [0.25, 0.3) is 0 Å². The van der Waals surface area contributed by atoms with Crippen LogP contribution in [-0.4, -0.2) is 19.2 Å². The van der Waals surface area contributed by atoms with Gasteiger partial charge in [0.15, 0.2) is 0 Å². The van der Waals surface area contributed by atoms with Crippen molar-refractivity contribution in [2.75, 3.05) is 0 Å². The Balaban J connectivity index is 1.80. The van der Waals surface area contributed by atoms with Crippen molar-refractivity contribution in [1.29, 1.82) is 0 Å². The second-order valence-corrected chi connectivity index (χ2v) is 9.71. The fourth-order valence-electron chi connectivity index (χ4n) is 3.71. The average Bonchev–Trinajstić information content (AvgIpc) is 3.32. The standard InChI is InChI=1S/C26H30FNO5S/c1-3-5-9-21(4-2)26(29)28(19-24-11-7-16-32-24)18-20-8-6-10-23(17-20)33-34(30,31)25-14-12-22(27)13-15-25/h6-8,10-17,21H,3-5,9,18-19H2,1-2H3. The molecule has 0 bridgehead atoms. The molecule has 3 aromatic rings. The topological polar surface area (TPSA) is 76.8 Å². The van der Waals surface area contributed by atoms with E-state index in [-0.39, 0.29) is 29.0 Å². The van der Waals surface area contributed by atoms with Gasteiger partial charge in [-0.15, -0.1) is 0 Å². The van der Waals surface area contributed by atoms with Crippen molar-refractivity contribution in [3.63, 3.8) is 0 Å². The summed E-state index contributed by atoms with van der Waals surface area (Å²) in [5.41, 5.74) is 0.719. The number of nitrogens with zero attached hydrogens (tertiary/aromatic N) is 1. The van der Waals surface area contributed by atoms with Gasteiger partial charge in [0.2, 0.25) is 5.91 Å². The fraction of sp³-hybridized carbons (Fsp3) is 0.346. The Bertz CT molecular complexity index is 1160. The molecule has 0 aliphatic heterocycles. The maximum absolute atomic E-state index is 13.4. The molecular formula is C26H30FNO5S. The van der Waals surface area contributed by atoms with Gasteiger partial charge in [0, 0.05) is 12.5 Å². The number of halogens is 1. The molecule has 0 saturated heterocycles. The van der Waals surface area contributed by atoms with E-state index in [9.17, 15) is 17.6 Å². The third kappa shape index (κ3) is 6.93. The lowest BCUT2D eigenvalue weighted by Crippen LogP contribution is -2.35. The van der Waals surface area contributed by atoms with Gasteiger partial charge in [-0.05, 0) is 66.9 Å². The van der Waals surface area contributed by atoms with Crippen LogP contribution in [0.15, 0.2) is 76.2 Å². The molecule has 6 nitrogen and oxygen atoms in total. The van der Waals surface area contributed by atoms with Crippen LogP contribution < -0.4 is 4.18 Å². The molecule has 1 amide bonds. The van der Waals surface area contributed by atoms with Crippen molar-refractivity contribution in [2.24, 2.45) is 5.92 Å². The number of carbonyl (C=O) groups is 1. The molecule has 1 atom stereocenters. The van der Waals surface area contributed by atoms with Gasteiger partial charge in [-0.3, -0.25) is 4.79 Å². The number of hydrogen-bond acceptors (Lipinski definition) is 5. The predicted octanol–water partition coefficient (Wildman–Crippen LogP) is 5.93. The number of furan rings is 1. The van der Waals surface area contributed by atoms with E-state index in [0.29, 0.717) is 12.3 Å². The summed E-state index contributed by atoms with van der Waals surface area (Å²) in [7, 11) is -4.12. The second kappa shape index (κ2) is 11.8. The Morgan fingerprint density at radius 1 is 1.06 bits per heavy atom. The van der Waals surface area contributed by atoms with Crippen molar-refractivity contribution in [2.45, 2.75) is 57.5 Å². The molecule has 3 rings (SSSR count). The van der Waals surface area contributed by atoms with Gasteiger partial charge in [-0.1, -0.05) is 38.8 Å². The molecule has 8 heteroatoms. The first-order chi connectivity index (χ1) is 16.3. The summed E-state index contributed by atoms with van der Waals surface area (Å²) >= 11 is 0. The summed E-state index contributed by atoms with van der Waals surface area (Å²) in [5.74, 6) is 0.202. The molecule has 1 aromatic heterocycles. The van der Waals surface area contributed by atoms with E-state index < -0.39 is 15.9 Å². The van der Waals surface area contributed by atoms with Gasteiger partial charge in [-0.2, -0.15) is 8.42 Å². The number of rotatable bonds is 12. The number of hydrogen-bond donors (Lipinski definition) is 0. The maximum Gasteiger partial charge on any atom is 0.339 e. The minimum absolute atomic E-state index is 0.0394. The van der Waals surface area contributed by atoms with Crippen LogP contribution >= 0.6 is 0 Å². The summed E-state index contributed by atoms with van der Waals surface area (Å²) in [6, 6.07) is 14.6. The van der Waals surface area contributed by atoms with Crippen LogP contribution in [0.25, 0.3) is 0 Å². The zero-order valence-electron chi connectivity index (χ0n) is 19.4. The summed E-state index contributed by atoms with van der Waals surface area (Å²) in [4.78, 5) is 15.0. The Morgan fingerprint density at radius 2 is 1.82 bits per heavy atom. The lowest BCUT2D eigenvalue weighted by Gasteiger charge is -2.26. The van der Waals surface area contributed by atoms with Crippen molar-refractivity contribution < 1.29 is 26.2 Å². The molecule has 0 aliphatic carbocycles. The zero-order chi connectivity index (χ0) is 24.6. The summed E-state index contributed by atoms with van der Waals surface area (Å²) in [5, 5.41) is 0. The molecule has 0 spiro atoms. The smallest absolute Gasteiger partial charge is 0.339 e. The molecule has 0 aliphatic rings. The van der Waals surface area contributed by atoms with E-state index in [4.69, 9.17) is 8.60 Å². The molecule has 1 unspecified atom stereocenters. The van der Waals surface area contributed by atoms with E-state index in [2.05, 4.69) is 6.92 Å². The zero-order valence-corrected chi connectivity index (χ0v) is 20.3. The van der Waals surface area contributed by atoms with Crippen LogP contribution in [0.1, 0.15) is 50.9 Å². The monoisotopic (exact) mass is 487 g/mol. The first kappa shape index (κ1) is 25.5. The Labute approximate surface area is 200 Å². The third-order valence-corrected chi connectivity index (χ3v) is 6.83. The van der Waals surface area contributed by atoms with Crippen molar-refractivity contribution >= 4 is 16.0 Å². The van der Waals surface area contributed by atoms with Crippen molar-refractivity contribution in [3.8, 4) is 5.75 Å². The SMILES string of the molecule is CCCCC(CC)C(=O)N(Cc1cccc(OS(=O)(=O)c2ccc(F)cc2)c1)Cc1ccco1. The Kier molecular flexibility index (Phi) is 8.87. The fourth-order valence-corrected chi connectivity index (χ4v) is 4.63. The van der Waals surface area contributed by atoms with Gasteiger partial charge >= 0.3 is 10.1 Å². The molecule has 0 saturated carbocycles. The highest BCUT2D eigenvalue weighted by atomic mass is 32.2. The summed E-state index contributed by atoms with van der Waals surface area (Å²) in [6.45, 7) is 4.70. The Morgan fingerprint density at radius 3 is 2.47 bits per heavy atom. The lowest BCUT2D eigenvalue weighted by atomic mass is 9.97. The normalized spacial score (nSPS) is 12.3. The predicted molar refractivity (Wildman–Crippen MR) is 127 cm³/mol. The first-order valence-electron chi connectivity index (χ1n) is 11.4. The highest BCUT2D eigenvalue weighted by molar-refractivity contribution is 7.87. The quantitative estimate of drug-likeness (QED) is 0.296. The van der Waals surface area contributed by atoms with E-state index >= 15 is 0 Å². The molecule has 0 fully saturated rings. The molecule has 182 valence electrons. The van der Waals surface area contributed by atoms with Crippen LogP contribution in [0.3, 0.4) is 0 Å². The van der Waals surface area contributed by atoms with Crippen LogP contribution in [0.5, 0.6) is 5.75 Å². The molecule has 0 radical (unpaired) electrons. The minimum atomic E-state index is -4.12. The van der Waals surface area contributed by atoms with Crippen LogP contribution in [0.2, 0.25) is 0 Å². The highest BCUT2D eigenvalue weighted by Crippen LogP contribution is 2.24. The van der Waals surface area contributed by atoms with Crippen LogP contribution in [0, 0.1) is 11.7 Å². The maximum atomic E-state index is 13.4. The second-order valence-electron chi connectivity index (χ2n) is 8.16. The van der Waals surface area contributed by atoms with Gasteiger partial charge in [0.1, 0.15) is 22.2 Å². The van der Waals surface area contributed by atoms with Gasteiger partial charge in [0.05, 0.1) is 12.8 Å². The largest absolute Gasteiger partial charge is 0.467 e. The lowest BCUT2D eigenvalue weighted by molar-refractivity contribution is -0.137. The van der Waals surface area contributed by atoms with E-state index in [1.807, 2.05) is 19.1 Å². The van der Waals surface area contributed by atoms with E-state index in [1.54, 1.807) is 29.4 Å². The molecule has 1 heterocycles. The number of carbonyl (C=O) groups excluding carboxylic acids is 1. The third-order valence-electron chi connectivity index (χ3n) is 5.57. The first-order valence-corrected chi connectivity index (χ1v) is 12.8. The van der Waals surface area contributed by atoms with E-state index in [1.165, 1.54) is 6.07 Å². The minimum Gasteiger partial charge on any atom is -0.467 e. The number of unbranched alkanes of at least 4 members (excludes halogenated alkanes) is 1. The highest BCUT2D eigenvalue weighted by Gasteiger charge is 2.24. The molecule has 2 aromatic carbocycles. The molecule has 34 heavy (non-hydrogen) atoms. The van der Waals surface area contributed by atoms with Crippen molar-refractivity contribution in [1.82, 2.24) is 4.90 Å².